The summed E-state index contributed by atoms with van der Waals surface area (Å²) in [5.41, 5.74) is -0.684. The van der Waals surface area contributed by atoms with Crippen molar-refractivity contribution in [2.45, 2.75) is 63.7 Å². The maximum Gasteiger partial charge on any atom is 0.410 e. The molecule has 4 nitrogen and oxygen atoms in total. The van der Waals surface area contributed by atoms with Crippen LogP contribution in [0.25, 0.3) is 0 Å². The summed E-state index contributed by atoms with van der Waals surface area (Å²) in [5.74, 6) is 2.59. The minimum absolute atomic E-state index is 0.199. The van der Waals surface area contributed by atoms with Crippen molar-refractivity contribution in [1.82, 2.24) is 4.90 Å². The minimum Gasteiger partial charge on any atom is -0.444 e. The van der Waals surface area contributed by atoms with Gasteiger partial charge in [0.25, 0.3) is 0 Å². The van der Waals surface area contributed by atoms with E-state index in [1.807, 2.05) is 25.7 Å². The molecule has 4 heteroatoms. The number of terminal acetylenes is 1. The number of hydrogen-bond donors (Lipinski definition) is 0. The number of amides is 1. The van der Waals surface area contributed by atoms with Crippen molar-refractivity contribution in [1.29, 1.82) is 0 Å². The highest BCUT2D eigenvalue weighted by Crippen LogP contribution is 2.39. The molecule has 2 rings (SSSR count). The van der Waals surface area contributed by atoms with Gasteiger partial charge in [0.15, 0.2) is 0 Å². The normalized spacial score (nSPS) is 26.2. The number of ether oxygens (including phenoxy) is 2. The zero-order chi connectivity index (χ0) is 14.1. The van der Waals surface area contributed by atoms with Gasteiger partial charge in [-0.2, -0.15) is 0 Å². The predicted octanol–water partition coefficient (Wildman–Crippen LogP) is 2.57. The third-order valence-electron chi connectivity index (χ3n) is 3.81. The molecule has 1 saturated heterocycles. The van der Waals surface area contributed by atoms with Crippen molar-refractivity contribution in [2.75, 3.05) is 13.2 Å². The van der Waals surface area contributed by atoms with Crippen LogP contribution in [0.1, 0.15) is 46.5 Å². The molecule has 0 aromatic carbocycles. The van der Waals surface area contributed by atoms with Gasteiger partial charge in [-0.05, 0) is 33.6 Å². The van der Waals surface area contributed by atoms with Crippen LogP contribution in [-0.2, 0) is 9.47 Å². The second-order valence-corrected chi connectivity index (χ2v) is 6.49. The first-order valence-electron chi connectivity index (χ1n) is 6.95. The van der Waals surface area contributed by atoms with Gasteiger partial charge in [-0.1, -0.05) is 18.8 Å². The Bertz CT molecular complexity index is 385. The third kappa shape index (κ3) is 3.03. The van der Waals surface area contributed by atoms with Gasteiger partial charge in [0.05, 0.1) is 18.7 Å². The van der Waals surface area contributed by atoms with Crippen LogP contribution in [0.5, 0.6) is 0 Å². The predicted molar refractivity (Wildman–Crippen MR) is 72.7 cm³/mol. The SMILES string of the molecule is C#CC1CN(C(=O)OC(C)(C)C)C2(CCCC2)CO1. The van der Waals surface area contributed by atoms with Gasteiger partial charge in [-0.25, -0.2) is 4.79 Å². The lowest BCUT2D eigenvalue weighted by molar-refractivity contribution is -0.0917. The first-order valence-corrected chi connectivity index (χ1v) is 6.95. The molecule has 0 aromatic rings. The third-order valence-corrected chi connectivity index (χ3v) is 3.81. The van der Waals surface area contributed by atoms with E-state index in [0.29, 0.717) is 13.2 Å². The highest BCUT2D eigenvalue weighted by Gasteiger charge is 2.47. The van der Waals surface area contributed by atoms with Crippen molar-refractivity contribution < 1.29 is 14.3 Å². The van der Waals surface area contributed by atoms with E-state index < -0.39 is 5.60 Å². The van der Waals surface area contributed by atoms with Crippen LogP contribution >= 0.6 is 0 Å². The molecular weight excluding hydrogens is 242 g/mol. The van der Waals surface area contributed by atoms with Crippen molar-refractivity contribution in [3.63, 3.8) is 0 Å². The fourth-order valence-electron chi connectivity index (χ4n) is 2.88. The van der Waals surface area contributed by atoms with Crippen LogP contribution in [0, 0.1) is 12.3 Å². The van der Waals surface area contributed by atoms with Gasteiger partial charge in [-0.3, -0.25) is 4.90 Å². The minimum atomic E-state index is -0.485. The highest BCUT2D eigenvalue weighted by molar-refractivity contribution is 5.69. The van der Waals surface area contributed by atoms with E-state index in [4.69, 9.17) is 15.9 Å². The summed E-state index contributed by atoms with van der Waals surface area (Å²) in [6.45, 7) is 6.61. The second kappa shape index (κ2) is 5.05. The average Bonchev–Trinajstić information content (AvgIpc) is 2.76. The lowest BCUT2D eigenvalue weighted by atomic mass is 9.94. The molecule has 1 heterocycles. The van der Waals surface area contributed by atoms with Crippen LogP contribution < -0.4 is 0 Å². The van der Waals surface area contributed by atoms with Gasteiger partial charge in [-0.15, -0.1) is 6.42 Å². The number of carbonyl (C=O) groups excluding carboxylic acids is 1. The molecule has 19 heavy (non-hydrogen) atoms. The molecule has 106 valence electrons. The Hall–Kier alpha value is -1.21. The number of hydrogen-bond acceptors (Lipinski definition) is 3. The standard InChI is InChI=1S/C15H23NO3/c1-5-12-10-16(13(17)19-14(2,3)4)15(11-18-12)8-6-7-9-15/h1,12H,6-11H2,2-4H3. The number of carbonyl (C=O) groups is 1. The summed E-state index contributed by atoms with van der Waals surface area (Å²) in [5, 5.41) is 0. The fraction of sp³-hybridized carbons (Fsp3) is 0.800. The van der Waals surface area contributed by atoms with E-state index in [9.17, 15) is 4.79 Å². The first kappa shape index (κ1) is 14.2. The Kier molecular flexibility index (Phi) is 3.78. The maximum absolute atomic E-state index is 12.4. The zero-order valence-corrected chi connectivity index (χ0v) is 12.1. The van der Waals surface area contributed by atoms with Crippen LogP contribution in [0.3, 0.4) is 0 Å². The Balaban J connectivity index is 2.16. The zero-order valence-electron chi connectivity index (χ0n) is 12.1. The van der Waals surface area contributed by atoms with E-state index in [1.165, 1.54) is 0 Å². The summed E-state index contributed by atoms with van der Waals surface area (Å²) in [6, 6.07) is 0. The highest BCUT2D eigenvalue weighted by atomic mass is 16.6. The Morgan fingerprint density at radius 2 is 2.05 bits per heavy atom. The van der Waals surface area contributed by atoms with Crippen LogP contribution in [0.4, 0.5) is 4.79 Å². The van der Waals surface area contributed by atoms with Gasteiger partial charge in [0.1, 0.15) is 11.7 Å². The number of rotatable bonds is 0. The topological polar surface area (TPSA) is 38.8 Å². The molecule has 1 spiro atoms. The molecule has 1 atom stereocenters. The maximum atomic E-state index is 12.4. The fourth-order valence-corrected chi connectivity index (χ4v) is 2.88. The molecule has 1 unspecified atom stereocenters. The molecule has 1 saturated carbocycles. The summed E-state index contributed by atoms with van der Waals surface area (Å²) >= 11 is 0. The molecule has 1 aliphatic carbocycles. The van der Waals surface area contributed by atoms with Gasteiger partial charge >= 0.3 is 6.09 Å². The summed E-state index contributed by atoms with van der Waals surface area (Å²) < 4.78 is 11.2. The molecular formula is C15H23NO3. The Morgan fingerprint density at radius 1 is 1.42 bits per heavy atom. The van der Waals surface area contributed by atoms with Gasteiger partial charge < -0.3 is 9.47 Å². The Labute approximate surface area is 115 Å². The Morgan fingerprint density at radius 3 is 2.58 bits per heavy atom. The molecule has 0 bridgehead atoms. The van der Waals surface area contributed by atoms with Crippen molar-refractivity contribution in [2.24, 2.45) is 0 Å². The largest absolute Gasteiger partial charge is 0.444 e. The lowest BCUT2D eigenvalue weighted by Gasteiger charge is -2.46. The lowest BCUT2D eigenvalue weighted by Crippen LogP contribution is -2.60. The average molecular weight is 265 g/mol. The van der Waals surface area contributed by atoms with E-state index in [-0.39, 0.29) is 17.7 Å². The summed E-state index contributed by atoms with van der Waals surface area (Å²) in [7, 11) is 0. The van der Waals surface area contributed by atoms with Crippen LogP contribution in [0.2, 0.25) is 0 Å². The second-order valence-electron chi connectivity index (χ2n) is 6.49. The summed E-state index contributed by atoms with van der Waals surface area (Å²) in [6.07, 6.45) is 9.05. The van der Waals surface area contributed by atoms with Gasteiger partial charge in [0.2, 0.25) is 0 Å². The molecule has 1 aliphatic heterocycles. The molecule has 0 radical (unpaired) electrons. The monoisotopic (exact) mass is 265 g/mol. The van der Waals surface area contributed by atoms with Crippen molar-refractivity contribution in [3.05, 3.63) is 0 Å². The van der Waals surface area contributed by atoms with Gasteiger partial charge in [0, 0.05) is 0 Å². The van der Waals surface area contributed by atoms with E-state index in [1.54, 1.807) is 0 Å². The number of nitrogens with zero attached hydrogens (tertiary/aromatic N) is 1. The number of morpholine rings is 1. The van der Waals surface area contributed by atoms with Crippen LogP contribution in [0.15, 0.2) is 0 Å². The van der Waals surface area contributed by atoms with E-state index in [0.717, 1.165) is 25.7 Å². The molecule has 2 fully saturated rings. The van der Waals surface area contributed by atoms with E-state index >= 15 is 0 Å². The molecule has 1 amide bonds. The van der Waals surface area contributed by atoms with Crippen molar-refractivity contribution >= 4 is 6.09 Å². The molecule has 2 aliphatic rings. The van der Waals surface area contributed by atoms with Crippen molar-refractivity contribution in [3.8, 4) is 12.3 Å². The smallest absolute Gasteiger partial charge is 0.410 e. The molecule has 0 aromatic heterocycles. The molecule has 0 N–H and O–H groups in total. The quantitative estimate of drug-likeness (QED) is 0.632. The summed E-state index contributed by atoms with van der Waals surface area (Å²) in [4.78, 5) is 14.2. The van der Waals surface area contributed by atoms with E-state index in [2.05, 4.69) is 5.92 Å². The first-order chi connectivity index (χ1) is 8.86. The van der Waals surface area contributed by atoms with Crippen LogP contribution in [-0.4, -0.2) is 41.4 Å².